The van der Waals surface area contributed by atoms with Crippen molar-refractivity contribution in [3.8, 4) is 17.2 Å². The normalized spacial score (nSPS) is 10.3. The van der Waals surface area contributed by atoms with E-state index in [1.165, 1.54) is 12.1 Å². The van der Waals surface area contributed by atoms with Crippen molar-refractivity contribution in [2.75, 3.05) is 0 Å². The molecule has 0 aliphatic rings. The first-order valence-corrected chi connectivity index (χ1v) is 9.52. The Balaban J connectivity index is 0.00000256. The lowest BCUT2D eigenvalue weighted by Crippen LogP contribution is -2.04. The molecule has 0 radical (unpaired) electrons. The second kappa shape index (κ2) is 9.58. The Kier molecular flexibility index (Phi) is 6.89. The average molecular weight is 438 g/mol. The van der Waals surface area contributed by atoms with Gasteiger partial charge in [0.25, 0.3) is 0 Å². The van der Waals surface area contributed by atoms with E-state index in [9.17, 15) is 4.39 Å². The molecular weight excluding hydrogens is 420 g/mol. The summed E-state index contributed by atoms with van der Waals surface area (Å²) >= 11 is 6.17. The molecule has 30 heavy (non-hydrogen) atoms. The summed E-state index contributed by atoms with van der Waals surface area (Å²) in [7, 11) is 0. The molecule has 0 unspecified atom stereocenters. The van der Waals surface area contributed by atoms with Crippen molar-refractivity contribution in [3.05, 3.63) is 112 Å². The highest BCUT2D eigenvalue weighted by Gasteiger charge is 2.07. The van der Waals surface area contributed by atoms with E-state index >= 15 is 0 Å². The lowest BCUT2D eigenvalue weighted by atomic mass is 10.0. The molecule has 0 N–H and O–H groups in total. The predicted molar refractivity (Wildman–Crippen MR) is 119 cm³/mol. The number of nitriles is 1. The number of aromatic nitrogens is 2. The second-order valence-corrected chi connectivity index (χ2v) is 7.23. The van der Waals surface area contributed by atoms with Gasteiger partial charge < -0.3 is 4.57 Å². The van der Waals surface area contributed by atoms with E-state index < -0.39 is 0 Å². The molecule has 0 atom stereocenters. The first-order valence-electron chi connectivity index (χ1n) is 9.15. The number of halogens is 3. The van der Waals surface area contributed by atoms with E-state index in [-0.39, 0.29) is 18.2 Å². The van der Waals surface area contributed by atoms with E-state index in [0.717, 1.165) is 34.4 Å². The highest BCUT2D eigenvalue weighted by molar-refractivity contribution is 6.33. The Labute approximate surface area is 185 Å². The zero-order valence-electron chi connectivity index (χ0n) is 15.9. The van der Waals surface area contributed by atoms with Crippen LogP contribution in [0.4, 0.5) is 4.39 Å². The smallest absolute Gasteiger partial charge is 0.124 e. The Morgan fingerprint density at radius 2 is 1.67 bits per heavy atom. The third-order valence-corrected chi connectivity index (χ3v) is 5.13. The Hall–Kier alpha value is -3.13. The lowest BCUT2D eigenvalue weighted by Gasteiger charge is -2.10. The maximum atomic E-state index is 13.3. The van der Waals surface area contributed by atoms with E-state index in [4.69, 9.17) is 16.9 Å². The minimum atomic E-state index is -0.342. The zero-order chi connectivity index (χ0) is 20.2. The number of imidazole rings is 1. The number of nitrogens with zero attached hydrogens (tertiary/aromatic N) is 3. The summed E-state index contributed by atoms with van der Waals surface area (Å²) in [4.78, 5) is 4.29. The van der Waals surface area contributed by atoms with Crippen LogP contribution < -0.4 is 0 Å². The summed E-state index contributed by atoms with van der Waals surface area (Å²) in [6.45, 7) is 0.697. The molecule has 0 bridgehead atoms. The fourth-order valence-corrected chi connectivity index (χ4v) is 3.53. The summed E-state index contributed by atoms with van der Waals surface area (Å²) in [5.74, 6) is -0.342. The van der Waals surface area contributed by atoms with Crippen LogP contribution in [-0.4, -0.2) is 9.55 Å². The van der Waals surface area contributed by atoms with Crippen LogP contribution in [0.3, 0.4) is 0 Å². The van der Waals surface area contributed by atoms with Gasteiger partial charge in [-0.1, -0.05) is 48.0 Å². The Morgan fingerprint density at radius 1 is 0.967 bits per heavy atom. The fraction of sp³-hybridized carbons (Fsp3) is 0.0833. The molecule has 0 spiro atoms. The van der Waals surface area contributed by atoms with Gasteiger partial charge in [-0.2, -0.15) is 5.26 Å². The van der Waals surface area contributed by atoms with Crippen LogP contribution >= 0.6 is 24.0 Å². The van der Waals surface area contributed by atoms with E-state index in [1.807, 2.05) is 61.1 Å². The minimum absolute atomic E-state index is 0. The average Bonchev–Trinajstić information content (AvgIpc) is 3.16. The quantitative estimate of drug-likeness (QED) is 0.368. The summed E-state index contributed by atoms with van der Waals surface area (Å²) < 4.78 is 15.4. The van der Waals surface area contributed by atoms with Crippen LogP contribution in [-0.2, 0) is 13.0 Å². The number of rotatable bonds is 5. The van der Waals surface area contributed by atoms with E-state index in [2.05, 4.69) is 15.6 Å². The van der Waals surface area contributed by atoms with Crippen molar-refractivity contribution < 1.29 is 4.39 Å². The monoisotopic (exact) mass is 437 g/mol. The van der Waals surface area contributed by atoms with Crippen molar-refractivity contribution in [2.45, 2.75) is 13.0 Å². The van der Waals surface area contributed by atoms with Gasteiger partial charge in [0.15, 0.2) is 0 Å². The van der Waals surface area contributed by atoms with Crippen LogP contribution in [0, 0.1) is 17.1 Å². The molecule has 150 valence electrons. The molecule has 3 nitrogen and oxygen atoms in total. The molecule has 0 aliphatic carbocycles. The van der Waals surface area contributed by atoms with Crippen molar-refractivity contribution in [1.29, 1.82) is 5.26 Å². The second-order valence-electron chi connectivity index (χ2n) is 6.82. The number of hydrogen-bond acceptors (Lipinski definition) is 2. The van der Waals surface area contributed by atoms with Crippen LogP contribution in [0.5, 0.6) is 0 Å². The molecule has 0 aliphatic heterocycles. The Bertz CT molecular complexity index is 1180. The highest BCUT2D eigenvalue weighted by Crippen LogP contribution is 2.28. The Morgan fingerprint density at radius 3 is 2.33 bits per heavy atom. The van der Waals surface area contributed by atoms with Gasteiger partial charge in [0.2, 0.25) is 0 Å². The molecule has 0 saturated carbocycles. The summed E-state index contributed by atoms with van der Waals surface area (Å²) in [5.41, 5.74) is 5.77. The van der Waals surface area contributed by atoms with Crippen molar-refractivity contribution in [3.63, 3.8) is 0 Å². The third-order valence-electron chi connectivity index (χ3n) is 4.82. The van der Waals surface area contributed by atoms with Crippen LogP contribution in [0.1, 0.15) is 22.4 Å². The van der Waals surface area contributed by atoms with Gasteiger partial charge in [0.05, 0.1) is 23.0 Å². The maximum absolute atomic E-state index is 13.3. The number of hydrogen-bond donors (Lipinski definition) is 0. The molecule has 0 fully saturated rings. The number of benzene rings is 3. The van der Waals surface area contributed by atoms with E-state index in [1.54, 1.807) is 6.07 Å². The molecular formula is C24H18Cl2FN3. The van der Waals surface area contributed by atoms with Gasteiger partial charge in [0.1, 0.15) is 5.82 Å². The van der Waals surface area contributed by atoms with Crippen molar-refractivity contribution in [1.82, 2.24) is 9.55 Å². The predicted octanol–water partition coefficient (Wildman–Crippen LogP) is 6.28. The maximum Gasteiger partial charge on any atom is 0.124 e. The summed E-state index contributed by atoms with van der Waals surface area (Å²) in [6, 6.07) is 22.2. The van der Waals surface area contributed by atoms with Gasteiger partial charge in [-0.3, -0.25) is 0 Å². The zero-order valence-corrected chi connectivity index (χ0v) is 17.5. The lowest BCUT2D eigenvalue weighted by molar-refractivity contribution is 0.628. The van der Waals surface area contributed by atoms with Crippen molar-refractivity contribution >= 4 is 24.0 Å². The molecule has 3 aromatic carbocycles. The molecule has 1 aromatic heterocycles. The molecule has 0 saturated heterocycles. The summed E-state index contributed by atoms with van der Waals surface area (Å²) in [6.07, 6.45) is 4.43. The fourth-order valence-electron chi connectivity index (χ4n) is 3.25. The van der Waals surface area contributed by atoms with E-state index in [0.29, 0.717) is 17.1 Å². The van der Waals surface area contributed by atoms with Gasteiger partial charge in [0, 0.05) is 30.4 Å². The largest absolute Gasteiger partial charge is 0.330 e. The summed E-state index contributed by atoms with van der Waals surface area (Å²) in [5, 5.41) is 9.32. The SMILES string of the molecule is Cl.N#Cc1ccc(Cc2cncn2Cc2ccc(-c3ccc(F)cc3Cl)cc2)cc1. The van der Waals surface area contributed by atoms with Crippen molar-refractivity contribution in [2.24, 2.45) is 0 Å². The molecule has 4 aromatic rings. The van der Waals surface area contributed by atoms with Gasteiger partial charge in [-0.05, 0) is 47.0 Å². The van der Waals surface area contributed by atoms with Crippen LogP contribution in [0.15, 0.2) is 79.3 Å². The first-order chi connectivity index (χ1) is 14.1. The minimum Gasteiger partial charge on any atom is -0.330 e. The molecule has 1 heterocycles. The third kappa shape index (κ3) is 4.88. The molecule has 4 rings (SSSR count). The van der Waals surface area contributed by atoms with Gasteiger partial charge in [-0.15, -0.1) is 12.4 Å². The first kappa shape index (κ1) is 21.6. The van der Waals surface area contributed by atoms with Crippen LogP contribution in [0.2, 0.25) is 5.02 Å². The topological polar surface area (TPSA) is 41.6 Å². The van der Waals surface area contributed by atoms with Gasteiger partial charge in [-0.25, -0.2) is 9.37 Å². The van der Waals surface area contributed by atoms with Crippen LogP contribution in [0.25, 0.3) is 11.1 Å². The molecule has 0 amide bonds. The standard InChI is InChI=1S/C24H17ClFN3.ClH/c25-24-12-21(26)9-10-23(24)20-7-5-19(6-8-20)15-29-16-28-14-22(29)11-17-1-3-18(13-27)4-2-17;/h1-10,12,14,16H,11,15H2;1H. The van der Waals surface area contributed by atoms with Gasteiger partial charge >= 0.3 is 0 Å². The molecule has 6 heteroatoms. The highest BCUT2D eigenvalue weighted by atomic mass is 35.5.